The van der Waals surface area contributed by atoms with Gasteiger partial charge in [-0.2, -0.15) is 0 Å². The van der Waals surface area contributed by atoms with Crippen molar-refractivity contribution in [1.82, 2.24) is 19.9 Å². The third-order valence-electron chi connectivity index (χ3n) is 3.86. The number of aromatic nitrogens is 4. The fraction of sp³-hybridized carbons (Fsp3) is 0.467. The standard InChI is InChI=1S/C15H20N6/c1-11-6-15(19-10-18-11)21-5-3-4-12(9-21)13-7-17-8-14(16-2)20-13/h6-8,10,12H,3-5,9H2,1-2H3,(H,16,20). The first-order valence-electron chi connectivity index (χ1n) is 7.29. The molecule has 1 fully saturated rings. The molecule has 0 spiro atoms. The average Bonchev–Trinajstić information content (AvgIpc) is 2.55. The van der Waals surface area contributed by atoms with Crippen molar-refractivity contribution in [2.24, 2.45) is 0 Å². The van der Waals surface area contributed by atoms with Crippen molar-refractivity contribution < 1.29 is 0 Å². The van der Waals surface area contributed by atoms with E-state index >= 15 is 0 Å². The van der Waals surface area contributed by atoms with Crippen LogP contribution in [-0.2, 0) is 0 Å². The Hall–Kier alpha value is -2.24. The van der Waals surface area contributed by atoms with E-state index in [-0.39, 0.29) is 0 Å². The number of nitrogens with one attached hydrogen (secondary N) is 1. The summed E-state index contributed by atoms with van der Waals surface area (Å²) in [6, 6.07) is 2.04. The van der Waals surface area contributed by atoms with Gasteiger partial charge in [-0.05, 0) is 19.8 Å². The molecule has 1 atom stereocenters. The highest BCUT2D eigenvalue weighted by Gasteiger charge is 2.23. The van der Waals surface area contributed by atoms with Crippen LogP contribution in [0, 0.1) is 6.92 Å². The molecule has 0 radical (unpaired) electrons. The summed E-state index contributed by atoms with van der Waals surface area (Å²) in [6.07, 6.45) is 7.54. The quantitative estimate of drug-likeness (QED) is 0.930. The van der Waals surface area contributed by atoms with Gasteiger partial charge in [-0.3, -0.25) is 4.98 Å². The van der Waals surface area contributed by atoms with Crippen LogP contribution < -0.4 is 10.2 Å². The van der Waals surface area contributed by atoms with Gasteiger partial charge in [0.05, 0.1) is 11.9 Å². The molecule has 1 unspecified atom stereocenters. The molecule has 2 aromatic rings. The topological polar surface area (TPSA) is 66.8 Å². The molecule has 0 aromatic carbocycles. The van der Waals surface area contributed by atoms with Crippen LogP contribution in [0.1, 0.15) is 30.1 Å². The zero-order valence-corrected chi connectivity index (χ0v) is 12.5. The zero-order valence-electron chi connectivity index (χ0n) is 12.5. The van der Waals surface area contributed by atoms with E-state index in [4.69, 9.17) is 0 Å². The largest absolute Gasteiger partial charge is 0.372 e. The number of rotatable bonds is 3. The van der Waals surface area contributed by atoms with E-state index in [1.165, 1.54) is 0 Å². The normalized spacial score (nSPS) is 18.6. The summed E-state index contributed by atoms with van der Waals surface area (Å²) < 4.78 is 0. The molecule has 0 saturated carbocycles. The molecule has 110 valence electrons. The molecule has 21 heavy (non-hydrogen) atoms. The van der Waals surface area contributed by atoms with Crippen molar-refractivity contribution in [2.45, 2.75) is 25.7 Å². The van der Waals surface area contributed by atoms with E-state index in [1.807, 2.05) is 26.2 Å². The molecule has 1 aliphatic rings. The first-order valence-corrected chi connectivity index (χ1v) is 7.29. The summed E-state index contributed by atoms with van der Waals surface area (Å²) in [7, 11) is 1.87. The summed E-state index contributed by atoms with van der Waals surface area (Å²) >= 11 is 0. The SMILES string of the molecule is CNc1cncc(C2CCCN(c3cc(C)ncn3)C2)n1. The van der Waals surface area contributed by atoms with Crippen molar-refractivity contribution in [3.63, 3.8) is 0 Å². The number of hydrogen-bond donors (Lipinski definition) is 1. The predicted molar refractivity (Wildman–Crippen MR) is 82.5 cm³/mol. The Morgan fingerprint density at radius 3 is 3.00 bits per heavy atom. The summed E-state index contributed by atoms with van der Waals surface area (Å²) in [5, 5.41) is 3.05. The lowest BCUT2D eigenvalue weighted by atomic mass is 9.95. The van der Waals surface area contributed by atoms with Crippen LogP contribution in [0.3, 0.4) is 0 Å². The molecule has 6 nitrogen and oxygen atoms in total. The molecule has 3 heterocycles. The summed E-state index contributed by atoms with van der Waals surface area (Å²) in [5.41, 5.74) is 2.05. The first-order chi connectivity index (χ1) is 10.3. The Morgan fingerprint density at radius 1 is 1.29 bits per heavy atom. The van der Waals surface area contributed by atoms with Crippen LogP contribution in [0.4, 0.5) is 11.6 Å². The van der Waals surface area contributed by atoms with Gasteiger partial charge in [-0.15, -0.1) is 0 Å². The second-order valence-corrected chi connectivity index (χ2v) is 5.38. The third-order valence-corrected chi connectivity index (χ3v) is 3.86. The van der Waals surface area contributed by atoms with E-state index in [0.29, 0.717) is 5.92 Å². The van der Waals surface area contributed by atoms with Crippen molar-refractivity contribution >= 4 is 11.6 Å². The van der Waals surface area contributed by atoms with E-state index in [1.54, 1.807) is 12.5 Å². The van der Waals surface area contributed by atoms with Crippen LogP contribution in [-0.4, -0.2) is 40.1 Å². The molecule has 1 N–H and O–H groups in total. The number of aryl methyl sites for hydroxylation is 1. The minimum atomic E-state index is 0.398. The maximum Gasteiger partial charge on any atom is 0.144 e. The Morgan fingerprint density at radius 2 is 2.19 bits per heavy atom. The van der Waals surface area contributed by atoms with E-state index in [2.05, 4.69) is 30.2 Å². The maximum absolute atomic E-state index is 4.63. The number of piperidine rings is 1. The molecule has 3 rings (SSSR count). The Balaban J connectivity index is 1.79. The summed E-state index contributed by atoms with van der Waals surface area (Å²) in [6.45, 7) is 3.96. The van der Waals surface area contributed by atoms with Gasteiger partial charge in [0.25, 0.3) is 0 Å². The number of hydrogen-bond acceptors (Lipinski definition) is 6. The maximum atomic E-state index is 4.63. The second-order valence-electron chi connectivity index (χ2n) is 5.38. The lowest BCUT2D eigenvalue weighted by Gasteiger charge is -2.33. The van der Waals surface area contributed by atoms with Crippen molar-refractivity contribution in [1.29, 1.82) is 0 Å². The van der Waals surface area contributed by atoms with E-state index < -0.39 is 0 Å². The Kier molecular flexibility index (Phi) is 3.94. The van der Waals surface area contributed by atoms with Crippen molar-refractivity contribution in [3.8, 4) is 0 Å². The lowest BCUT2D eigenvalue weighted by Crippen LogP contribution is -2.35. The highest BCUT2D eigenvalue weighted by atomic mass is 15.2. The van der Waals surface area contributed by atoms with E-state index in [9.17, 15) is 0 Å². The third kappa shape index (κ3) is 3.09. The molecular weight excluding hydrogens is 264 g/mol. The van der Waals surface area contributed by atoms with Crippen LogP contribution >= 0.6 is 0 Å². The predicted octanol–water partition coefficient (Wildman–Crippen LogP) is 2.00. The van der Waals surface area contributed by atoms with Gasteiger partial charge >= 0.3 is 0 Å². The minimum Gasteiger partial charge on any atom is -0.372 e. The highest BCUT2D eigenvalue weighted by molar-refractivity contribution is 5.40. The van der Waals surface area contributed by atoms with Gasteiger partial charge in [-0.25, -0.2) is 15.0 Å². The molecule has 0 bridgehead atoms. The van der Waals surface area contributed by atoms with Crippen LogP contribution in [0.5, 0.6) is 0 Å². The summed E-state index contributed by atoms with van der Waals surface area (Å²) in [4.78, 5) is 19.8. The van der Waals surface area contributed by atoms with Crippen LogP contribution in [0.2, 0.25) is 0 Å². The second kappa shape index (κ2) is 6.03. The lowest BCUT2D eigenvalue weighted by molar-refractivity contribution is 0.497. The highest BCUT2D eigenvalue weighted by Crippen LogP contribution is 2.28. The van der Waals surface area contributed by atoms with Gasteiger partial charge in [0, 0.05) is 44.0 Å². The van der Waals surface area contributed by atoms with Crippen molar-refractivity contribution in [3.05, 3.63) is 36.2 Å². The molecule has 6 heteroatoms. The molecule has 2 aromatic heterocycles. The smallest absolute Gasteiger partial charge is 0.144 e. The minimum absolute atomic E-state index is 0.398. The Labute approximate surface area is 124 Å². The van der Waals surface area contributed by atoms with Crippen LogP contribution in [0.15, 0.2) is 24.8 Å². The molecule has 1 saturated heterocycles. The monoisotopic (exact) mass is 284 g/mol. The van der Waals surface area contributed by atoms with Gasteiger partial charge in [-0.1, -0.05) is 0 Å². The number of anilines is 2. The van der Waals surface area contributed by atoms with Crippen molar-refractivity contribution in [2.75, 3.05) is 30.4 Å². The van der Waals surface area contributed by atoms with Crippen LogP contribution in [0.25, 0.3) is 0 Å². The first kappa shape index (κ1) is 13.7. The van der Waals surface area contributed by atoms with Gasteiger partial charge in [0.15, 0.2) is 0 Å². The molecular formula is C15H20N6. The fourth-order valence-corrected chi connectivity index (χ4v) is 2.74. The summed E-state index contributed by atoms with van der Waals surface area (Å²) in [5.74, 6) is 2.22. The van der Waals surface area contributed by atoms with E-state index in [0.717, 1.165) is 49.0 Å². The zero-order chi connectivity index (χ0) is 14.7. The molecule has 1 aliphatic heterocycles. The van der Waals surface area contributed by atoms with Gasteiger partial charge < -0.3 is 10.2 Å². The van der Waals surface area contributed by atoms with Gasteiger partial charge in [0.2, 0.25) is 0 Å². The molecule has 0 aliphatic carbocycles. The Bertz CT molecular complexity index is 615. The molecule has 0 amide bonds. The average molecular weight is 284 g/mol. The van der Waals surface area contributed by atoms with Gasteiger partial charge in [0.1, 0.15) is 18.0 Å². The number of nitrogens with zero attached hydrogens (tertiary/aromatic N) is 5. The fourth-order valence-electron chi connectivity index (χ4n) is 2.74.